The number of pyridine rings is 1. The lowest BCUT2D eigenvalue weighted by Gasteiger charge is -2.25. The summed E-state index contributed by atoms with van der Waals surface area (Å²) in [6.07, 6.45) is 4.29. The molecule has 2 amide bonds. The van der Waals surface area contributed by atoms with Crippen molar-refractivity contribution >= 4 is 22.7 Å². The van der Waals surface area contributed by atoms with E-state index >= 15 is 0 Å². The standard InChI is InChI=1S/C28H32N4O2/c1-30-14-15-32(20-22(18-30)17-24-8-3-7-23-10-4-12-29-27(23)24)28(34)25-9-2-6-21(16-25)19-31-13-5-11-26(31)33/h2-4,6-10,12,16,22H,5,11,13-15,17-20H2,1H3/t22-/m0/s1. The lowest BCUT2D eigenvalue weighted by Crippen LogP contribution is -2.36. The van der Waals surface area contributed by atoms with Crippen molar-refractivity contribution in [1.29, 1.82) is 0 Å². The Morgan fingerprint density at radius 3 is 2.74 bits per heavy atom. The van der Waals surface area contributed by atoms with Crippen LogP contribution in [0.5, 0.6) is 0 Å². The number of amides is 2. The van der Waals surface area contributed by atoms with Crippen LogP contribution < -0.4 is 0 Å². The van der Waals surface area contributed by atoms with Gasteiger partial charge in [-0.15, -0.1) is 0 Å². The minimum atomic E-state index is 0.0749. The number of carbonyl (C=O) groups excluding carboxylic acids is 2. The predicted octanol–water partition coefficient (Wildman–Crippen LogP) is 3.60. The van der Waals surface area contributed by atoms with Gasteiger partial charge in [0.2, 0.25) is 5.91 Å². The van der Waals surface area contributed by atoms with Crippen molar-refractivity contribution in [2.45, 2.75) is 25.8 Å². The second kappa shape index (κ2) is 9.94. The van der Waals surface area contributed by atoms with E-state index in [1.54, 1.807) is 0 Å². The highest BCUT2D eigenvalue weighted by Crippen LogP contribution is 2.23. The Morgan fingerprint density at radius 2 is 1.88 bits per heavy atom. The van der Waals surface area contributed by atoms with Gasteiger partial charge in [0.05, 0.1) is 5.52 Å². The van der Waals surface area contributed by atoms with Crippen LogP contribution in [-0.4, -0.2) is 71.3 Å². The number of carbonyl (C=O) groups is 2. The number of rotatable bonds is 5. The Bertz CT molecular complexity index is 1190. The maximum atomic E-state index is 13.5. The number of para-hydroxylation sites is 1. The molecule has 2 aliphatic heterocycles. The molecule has 1 aromatic heterocycles. The molecule has 2 aromatic carbocycles. The summed E-state index contributed by atoms with van der Waals surface area (Å²) in [6, 6.07) is 18.2. The number of hydrogen-bond donors (Lipinski definition) is 0. The molecule has 3 aromatic rings. The number of nitrogens with zero attached hydrogens (tertiary/aromatic N) is 4. The molecule has 6 heteroatoms. The highest BCUT2D eigenvalue weighted by atomic mass is 16.2. The van der Waals surface area contributed by atoms with E-state index in [-0.39, 0.29) is 11.8 Å². The fourth-order valence-electron chi connectivity index (χ4n) is 5.32. The fraction of sp³-hybridized carbons (Fsp3) is 0.393. The van der Waals surface area contributed by atoms with Crippen LogP contribution in [0, 0.1) is 5.92 Å². The topological polar surface area (TPSA) is 56.8 Å². The number of aromatic nitrogens is 1. The summed E-state index contributed by atoms with van der Waals surface area (Å²) < 4.78 is 0. The molecule has 1 atom stereocenters. The van der Waals surface area contributed by atoms with E-state index in [1.165, 1.54) is 5.56 Å². The highest BCUT2D eigenvalue weighted by molar-refractivity contribution is 5.94. The van der Waals surface area contributed by atoms with Gasteiger partial charge >= 0.3 is 0 Å². The first-order valence-corrected chi connectivity index (χ1v) is 12.2. The Morgan fingerprint density at radius 1 is 1.03 bits per heavy atom. The molecule has 0 bridgehead atoms. The van der Waals surface area contributed by atoms with E-state index in [9.17, 15) is 9.59 Å². The molecule has 6 nitrogen and oxygen atoms in total. The first kappa shape index (κ1) is 22.5. The van der Waals surface area contributed by atoms with Crippen molar-refractivity contribution in [3.8, 4) is 0 Å². The summed E-state index contributed by atoms with van der Waals surface area (Å²) in [5, 5.41) is 1.16. The first-order chi connectivity index (χ1) is 16.6. The summed E-state index contributed by atoms with van der Waals surface area (Å²) in [5.74, 6) is 0.610. The highest BCUT2D eigenvalue weighted by Gasteiger charge is 2.26. The van der Waals surface area contributed by atoms with Crippen LogP contribution >= 0.6 is 0 Å². The van der Waals surface area contributed by atoms with Gasteiger partial charge < -0.3 is 14.7 Å². The molecule has 0 N–H and O–H groups in total. The number of benzene rings is 2. The summed E-state index contributed by atoms with van der Waals surface area (Å²) in [7, 11) is 2.13. The molecule has 2 aliphatic rings. The SMILES string of the molecule is CN1CCN(C(=O)c2cccc(CN3CCCC3=O)c2)C[C@@H](Cc2cccc3cccnc23)C1. The van der Waals surface area contributed by atoms with Gasteiger partial charge in [0.15, 0.2) is 0 Å². The van der Waals surface area contributed by atoms with E-state index in [2.05, 4.69) is 41.2 Å². The molecule has 2 fully saturated rings. The predicted molar refractivity (Wildman–Crippen MR) is 133 cm³/mol. The van der Waals surface area contributed by atoms with E-state index in [1.807, 2.05) is 46.3 Å². The van der Waals surface area contributed by atoms with Crippen LogP contribution in [-0.2, 0) is 17.8 Å². The van der Waals surface area contributed by atoms with Crippen LogP contribution in [0.3, 0.4) is 0 Å². The van der Waals surface area contributed by atoms with E-state index in [4.69, 9.17) is 0 Å². The molecule has 0 radical (unpaired) electrons. The molecular weight excluding hydrogens is 424 g/mol. The largest absolute Gasteiger partial charge is 0.338 e. The summed E-state index contributed by atoms with van der Waals surface area (Å²) >= 11 is 0. The average Bonchev–Trinajstić information content (AvgIpc) is 3.15. The Kier molecular flexibility index (Phi) is 6.59. The normalized spacial score (nSPS) is 19.6. The van der Waals surface area contributed by atoms with E-state index in [0.717, 1.165) is 55.5 Å². The van der Waals surface area contributed by atoms with E-state index < -0.39 is 0 Å². The Hall–Kier alpha value is -3.25. The van der Waals surface area contributed by atoms with E-state index in [0.29, 0.717) is 31.0 Å². The van der Waals surface area contributed by atoms with Crippen molar-refractivity contribution < 1.29 is 9.59 Å². The van der Waals surface area contributed by atoms with Crippen molar-refractivity contribution in [2.24, 2.45) is 5.92 Å². The molecule has 2 saturated heterocycles. The third-order valence-corrected chi connectivity index (χ3v) is 7.03. The molecule has 0 spiro atoms. The van der Waals surface area contributed by atoms with Gasteiger partial charge in [-0.25, -0.2) is 0 Å². The monoisotopic (exact) mass is 456 g/mol. The van der Waals surface area contributed by atoms with Crippen molar-refractivity contribution in [1.82, 2.24) is 19.7 Å². The van der Waals surface area contributed by atoms with Crippen molar-refractivity contribution in [3.05, 3.63) is 77.5 Å². The third kappa shape index (κ3) is 4.97. The van der Waals surface area contributed by atoms with Gasteiger partial charge in [0.25, 0.3) is 5.91 Å². The molecule has 0 unspecified atom stereocenters. The smallest absolute Gasteiger partial charge is 0.253 e. The van der Waals surface area contributed by atoms with Gasteiger partial charge in [-0.05, 0) is 55.1 Å². The van der Waals surface area contributed by atoms with Gasteiger partial charge in [-0.3, -0.25) is 14.6 Å². The maximum absolute atomic E-state index is 13.5. The number of likely N-dealkylation sites (N-methyl/N-ethyl adjacent to an activating group) is 1. The molecule has 0 saturated carbocycles. The minimum Gasteiger partial charge on any atom is -0.338 e. The fourth-order valence-corrected chi connectivity index (χ4v) is 5.32. The molecule has 3 heterocycles. The minimum absolute atomic E-state index is 0.0749. The molecule has 0 aliphatic carbocycles. The van der Waals surface area contributed by atoms with Gasteiger partial charge in [-0.2, -0.15) is 0 Å². The van der Waals surface area contributed by atoms with Crippen LogP contribution in [0.25, 0.3) is 10.9 Å². The lowest BCUT2D eigenvalue weighted by atomic mass is 9.96. The van der Waals surface area contributed by atoms with Crippen LogP contribution in [0.1, 0.15) is 34.3 Å². The maximum Gasteiger partial charge on any atom is 0.253 e. The zero-order valence-corrected chi connectivity index (χ0v) is 19.8. The number of likely N-dealkylation sites (tertiary alicyclic amines) is 1. The quantitative estimate of drug-likeness (QED) is 0.589. The summed E-state index contributed by atoms with van der Waals surface area (Å²) in [6.45, 7) is 4.64. The Labute approximate surface area is 201 Å². The van der Waals surface area contributed by atoms with Crippen LogP contribution in [0.15, 0.2) is 60.8 Å². The zero-order chi connectivity index (χ0) is 23.5. The zero-order valence-electron chi connectivity index (χ0n) is 19.8. The van der Waals surface area contributed by atoms with Crippen molar-refractivity contribution in [2.75, 3.05) is 39.8 Å². The number of hydrogen-bond acceptors (Lipinski definition) is 4. The Balaban J connectivity index is 1.32. The summed E-state index contributed by atoms with van der Waals surface area (Å²) in [4.78, 5) is 36.4. The first-order valence-electron chi connectivity index (χ1n) is 12.2. The average molecular weight is 457 g/mol. The van der Waals surface area contributed by atoms with Crippen LogP contribution in [0.4, 0.5) is 0 Å². The lowest BCUT2D eigenvalue weighted by molar-refractivity contribution is -0.128. The van der Waals surface area contributed by atoms with Crippen molar-refractivity contribution in [3.63, 3.8) is 0 Å². The second-order valence-electron chi connectivity index (χ2n) is 9.70. The summed E-state index contributed by atoms with van der Waals surface area (Å²) in [5.41, 5.74) is 4.02. The molecular formula is C28H32N4O2. The second-order valence-corrected chi connectivity index (χ2v) is 9.70. The van der Waals surface area contributed by atoms with Gasteiger partial charge in [-0.1, -0.05) is 36.4 Å². The molecule has 34 heavy (non-hydrogen) atoms. The van der Waals surface area contributed by atoms with Gasteiger partial charge in [0, 0.05) is 62.8 Å². The van der Waals surface area contributed by atoms with Gasteiger partial charge in [0.1, 0.15) is 0 Å². The number of fused-ring (bicyclic) bond motifs is 1. The van der Waals surface area contributed by atoms with Crippen LogP contribution in [0.2, 0.25) is 0 Å². The third-order valence-electron chi connectivity index (χ3n) is 7.03. The molecule has 5 rings (SSSR count). The molecule has 176 valence electrons.